The van der Waals surface area contributed by atoms with Gasteiger partial charge in [-0.1, -0.05) is 12.1 Å². The van der Waals surface area contributed by atoms with E-state index in [4.69, 9.17) is 10.7 Å². The summed E-state index contributed by atoms with van der Waals surface area (Å²) < 4.78 is 27.1. The molecule has 0 aliphatic carbocycles. The van der Waals surface area contributed by atoms with E-state index in [1.54, 1.807) is 24.5 Å². The van der Waals surface area contributed by atoms with Crippen LogP contribution >= 0.6 is 0 Å². The van der Waals surface area contributed by atoms with Crippen molar-refractivity contribution in [3.05, 3.63) is 89.4 Å². The Morgan fingerprint density at radius 2 is 1.62 bits per heavy atom. The van der Waals surface area contributed by atoms with E-state index in [1.165, 1.54) is 24.4 Å². The van der Waals surface area contributed by atoms with Crippen LogP contribution in [0.1, 0.15) is 23.1 Å². The second kappa shape index (κ2) is 6.48. The summed E-state index contributed by atoms with van der Waals surface area (Å²) in [4.78, 5) is 12.7. The molecule has 0 radical (unpaired) electrons. The number of nitrogens with two attached hydrogens (primary N) is 1. The Kier molecular flexibility index (Phi) is 4.01. The van der Waals surface area contributed by atoms with Crippen LogP contribution in [-0.4, -0.2) is 15.7 Å². The van der Waals surface area contributed by atoms with Crippen LogP contribution in [0.25, 0.3) is 11.3 Å². The van der Waals surface area contributed by atoms with Gasteiger partial charge >= 0.3 is 0 Å². The third kappa shape index (κ3) is 2.97. The van der Waals surface area contributed by atoms with Crippen LogP contribution in [0.5, 0.6) is 0 Å². The molecule has 3 heterocycles. The summed E-state index contributed by atoms with van der Waals surface area (Å²) in [7, 11) is 0. The molecule has 0 saturated heterocycles. The number of hydrogen-bond acceptors (Lipinski definition) is 4. The first kappa shape index (κ1) is 16.1. The summed E-state index contributed by atoms with van der Waals surface area (Å²) in [6.07, 6.45) is 5.37. The lowest BCUT2D eigenvalue weighted by molar-refractivity contribution is 0.626. The topological polar surface area (TPSA) is 64.2 Å². The predicted molar refractivity (Wildman–Crippen MR) is 97.2 cm³/mol. The smallest absolute Gasteiger partial charge is 0.165 e. The Bertz CT molecular complexity index is 1030. The molecule has 1 aliphatic heterocycles. The molecule has 0 atom stereocenters. The molecule has 0 bridgehead atoms. The van der Waals surface area contributed by atoms with E-state index in [1.807, 2.05) is 12.1 Å². The van der Waals surface area contributed by atoms with Gasteiger partial charge in [0.25, 0.3) is 0 Å². The quantitative estimate of drug-likeness (QED) is 0.775. The summed E-state index contributed by atoms with van der Waals surface area (Å²) >= 11 is 0. The van der Waals surface area contributed by atoms with Gasteiger partial charge < -0.3 is 5.73 Å². The van der Waals surface area contributed by atoms with Crippen LogP contribution in [0.15, 0.2) is 66.0 Å². The van der Waals surface area contributed by atoms with Crippen molar-refractivity contribution in [2.45, 2.75) is 6.42 Å². The minimum atomic E-state index is -0.570. The first-order valence-corrected chi connectivity index (χ1v) is 8.00. The lowest BCUT2D eigenvalue weighted by Gasteiger charge is -2.07. The lowest BCUT2D eigenvalue weighted by atomic mass is 9.97. The fourth-order valence-corrected chi connectivity index (χ4v) is 2.90. The van der Waals surface area contributed by atoms with Crippen LogP contribution in [-0.2, 0) is 0 Å². The summed E-state index contributed by atoms with van der Waals surface area (Å²) in [5.74, 6) is -1.02. The SMILES string of the molecule is Nc1ncc(C2=C(c3ccncc3)N=C(c3ccc(F)cc3)C2)cc1F. The van der Waals surface area contributed by atoms with Crippen molar-refractivity contribution in [3.8, 4) is 0 Å². The van der Waals surface area contributed by atoms with Gasteiger partial charge in [0.1, 0.15) is 5.82 Å². The molecule has 0 spiro atoms. The van der Waals surface area contributed by atoms with Crippen molar-refractivity contribution >= 4 is 22.8 Å². The molecule has 4 rings (SSSR count). The molecular weight excluding hydrogens is 334 g/mol. The molecular formula is C20H14F2N4. The number of anilines is 1. The minimum Gasteiger partial charge on any atom is -0.381 e. The van der Waals surface area contributed by atoms with E-state index < -0.39 is 5.82 Å². The minimum absolute atomic E-state index is 0.141. The van der Waals surface area contributed by atoms with E-state index >= 15 is 0 Å². The molecule has 2 N–H and O–H groups in total. The van der Waals surface area contributed by atoms with Crippen molar-refractivity contribution in [1.82, 2.24) is 9.97 Å². The average Bonchev–Trinajstić information content (AvgIpc) is 3.11. The largest absolute Gasteiger partial charge is 0.381 e. The molecule has 3 aromatic rings. The molecule has 4 nitrogen and oxygen atoms in total. The van der Waals surface area contributed by atoms with E-state index in [-0.39, 0.29) is 11.6 Å². The van der Waals surface area contributed by atoms with Crippen molar-refractivity contribution in [3.63, 3.8) is 0 Å². The molecule has 26 heavy (non-hydrogen) atoms. The van der Waals surface area contributed by atoms with Gasteiger partial charge in [0.05, 0.1) is 11.4 Å². The van der Waals surface area contributed by atoms with Gasteiger partial charge in [-0.3, -0.25) is 9.98 Å². The number of hydrogen-bond donors (Lipinski definition) is 1. The number of allylic oxidation sites excluding steroid dienone is 1. The zero-order valence-electron chi connectivity index (χ0n) is 13.7. The zero-order valence-corrected chi connectivity index (χ0v) is 13.7. The molecule has 0 saturated carbocycles. The molecule has 0 fully saturated rings. The molecule has 128 valence electrons. The third-order valence-corrected chi connectivity index (χ3v) is 4.23. The number of pyridine rings is 2. The summed E-state index contributed by atoms with van der Waals surface area (Å²) in [5, 5.41) is 0. The monoisotopic (exact) mass is 348 g/mol. The summed E-state index contributed by atoms with van der Waals surface area (Å²) in [6, 6.07) is 11.2. The molecule has 1 aliphatic rings. The highest BCUT2D eigenvalue weighted by Crippen LogP contribution is 2.37. The van der Waals surface area contributed by atoms with Crippen molar-refractivity contribution in [2.24, 2.45) is 4.99 Å². The Labute approximate surface area is 148 Å². The first-order valence-electron chi connectivity index (χ1n) is 8.00. The number of rotatable bonds is 3. The molecule has 1 aromatic carbocycles. The fraction of sp³-hybridized carbons (Fsp3) is 0.0500. The van der Waals surface area contributed by atoms with Crippen molar-refractivity contribution in [2.75, 3.05) is 5.73 Å². The third-order valence-electron chi connectivity index (χ3n) is 4.23. The number of aliphatic imine (C=N–C) groups is 1. The standard InChI is InChI=1S/C20H14F2N4/c21-15-3-1-12(2-4-15)18-10-16(14-9-17(22)20(23)25-11-14)19(26-18)13-5-7-24-8-6-13/h1-9,11H,10H2,(H2,23,25). The number of nitrogen functional groups attached to an aromatic ring is 1. The van der Waals surface area contributed by atoms with Gasteiger partial charge in [-0.05, 0) is 41.5 Å². The number of halogens is 2. The van der Waals surface area contributed by atoms with Gasteiger partial charge in [0.15, 0.2) is 11.6 Å². The van der Waals surface area contributed by atoms with Crippen LogP contribution in [0.2, 0.25) is 0 Å². The van der Waals surface area contributed by atoms with Crippen LogP contribution < -0.4 is 5.73 Å². The maximum Gasteiger partial charge on any atom is 0.165 e. The highest BCUT2D eigenvalue weighted by Gasteiger charge is 2.22. The Morgan fingerprint density at radius 3 is 2.31 bits per heavy atom. The summed E-state index contributed by atoms with van der Waals surface area (Å²) in [6.45, 7) is 0. The van der Waals surface area contributed by atoms with Gasteiger partial charge in [0.2, 0.25) is 0 Å². The highest BCUT2D eigenvalue weighted by molar-refractivity contribution is 6.16. The van der Waals surface area contributed by atoms with Gasteiger partial charge in [0, 0.05) is 36.1 Å². The Hall–Kier alpha value is -3.41. The van der Waals surface area contributed by atoms with Crippen molar-refractivity contribution < 1.29 is 8.78 Å². The predicted octanol–water partition coefficient (Wildman–Crippen LogP) is 4.10. The van der Waals surface area contributed by atoms with Crippen LogP contribution in [0.3, 0.4) is 0 Å². The van der Waals surface area contributed by atoms with E-state index in [0.717, 1.165) is 28.1 Å². The number of benzene rings is 1. The maximum atomic E-state index is 13.9. The van der Waals surface area contributed by atoms with Gasteiger partial charge in [-0.25, -0.2) is 13.8 Å². The van der Waals surface area contributed by atoms with Crippen LogP contribution in [0, 0.1) is 11.6 Å². The van der Waals surface area contributed by atoms with E-state index in [2.05, 4.69) is 9.97 Å². The lowest BCUT2D eigenvalue weighted by Crippen LogP contribution is -2.00. The van der Waals surface area contributed by atoms with Crippen molar-refractivity contribution in [1.29, 1.82) is 0 Å². The average molecular weight is 348 g/mol. The normalized spacial score (nSPS) is 13.8. The Balaban J connectivity index is 1.81. The fourth-order valence-electron chi connectivity index (χ4n) is 2.90. The first-order chi connectivity index (χ1) is 12.6. The van der Waals surface area contributed by atoms with Gasteiger partial charge in [-0.15, -0.1) is 0 Å². The maximum absolute atomic E-state index is 13.9. The zero-order chi connectivity index (χ0) is 18.1. The molecule has 6 heteroatoms. The van der Waals surface area contributed by atoms with Gasteiger partial charge in [-0.2, -0.15) is 0 Å². The summed E-state index contributed by atoms with van der Waals surface area (Å²) in [5.41, 5.74) is 10.1. The molecule has 0 amide bonds. The molecule has 0 unspecified atom stereocenters. The molecule has 2 aromatic heterocycles. The Morgan fingerprint density at radius 1 is 0.885 bits per heavy atom. The second-order valence-corrected chi connectivity index (χ2v) is 5.90. The number of nitrogens with zero attached hydrogens (tertiary/aromatic N) is 3. The van der Waals surface area contributed by atoms with E-state index in [0.29, 0.717) is 12.0 Å². The van der Waals surface area contributed by atoms with Crippen LogP contribution in [0.4, 0.5) is 14.6 Å². The second-order valence-electron chi connectivity index (χ2n) is 5.90. The van der Waals surface area contributed by atoms with E-state index in [9.17, 15) is 8.78 Å². The number of aromatic nitrogens is 2. The highest BCUT2D eigenvalue weighted by atomic mass is 19.1.